The van der Waals surface area contributed by atoms with Gasteiger partial charge in [-0.1, -0.05) is 49.2 Å². The summed E-state index contributed by atoms with van der Waals surface area (Å²) in [6.45, 7) is 5.07. The van der Waals surface area contributed by atoms with Crippen molar-refractivity contribution >= 4 is 17.3 Å². The van der Waals surface area contributed by atoms with Crippen molar-refractivity contribution < 1.29 is 9.59 Å². The minimum absolute atomic E-state index is 0.207. The molecule has 0 aliphatic heterocycles. The lowest BCUT2D eigenvalue weighted by molar-refractivity contribution is 0.0939. The Kier molecular flexibility index (Phi) is 5.86. The lowest BCUT2D eigenvalue weighted by Gasteiger charge is -2.05. The lowest BCUT2D eigenvalue weighted by Crippen LogP contribution is -2.26. The van der Waals surface area contributed by atoms with E-state index in [4.69, 9.17) is 0 Å². The second kappa shape index (κ2) is 8.49. The SMILES string of the molecule is CCCCNC(=O)c1nc(C(=O)NCc2cccc(C)c2)n2ccccc12. The topological polar surface area (TPSA) is 75.5 Å². The zero-order chi connectivity index (χ0) is 19.2. The summed E-state index contributed by atoms with van der Waals surface area (Å²) in [6.07, 6.45) is 3.64. The van der Waals surface area contributed by atoms with E-state index in [-0.39, 0.29) is 23.3 Å². The fourth-order valence-electron chi connectivity index (χ4n) is 2.91. The van der Waals surface area contributed by atoms with Crippen LogP contribution in [0, 0.1) is 6.92 Å². The summed E-state index contributed by atoms with van der Waals surface area (Å²) in [7, 11) is 0. The molecule has 6 heteroatoms. The van der Waals surface area contributed by atoms with Gasteiger partial charge in [0.05, 0.1) is 5.52 Å². The van der Waals surface area contributed by atoms with Gasteiger partial charge in [0.1, 0.15) is 0 Å². The Morgan fingerprint density at radius 2 is 1.93 bits per heavy atom. The van der Waals surface area contributed by atoms with Crippen molar-refractivity contribution in [3.63, 3.8) is 0 Å². The van der Waals surface area contributed by atoms with Crippen LogP contribution in [-0.2, 0) is 6.54 Å². The molecule has 0 fully saturated rings. The van der Waals surface area contributed by atoms with Crippen LogP contribution in [0.25, 0.3) is 5.52 Å². The number of pyridine rings is 1. The number of carbonyl (C=O) groups excluding carboxylic acids is 2. The Bertz CT molecular complexity index is 962. The lowest BCUT2D eigenvalue weighted by atomic mass is 10.1. The van der Waals surface area contributed by atoms with Gasteiger partial charge in [0.15, 0.2) is 5.69 Å². The number of unbranched alkanes of at least 4 members (excludes halogenated alkanes) is 1. The highest BCUT2D eigenvalue weighted by atomic mass is 16.2. The van der Waals surface area contributed by atoms with E-state index in [0.29, 0.717) is 18.6 Å². The fourth-order valence-corrected chi connectivity index (χ4v) is 2.91. The summed E-state index contributed by atoms with van der Waals surface area (Å²) < 4.78 is 1.65. The van der Waals surface area contributed by atoms with Gasteiger partial charge < -0.3 is 10.6 Å². The molecule has 140 valence electrons. The van der Waals surface area contributed by atoms with Gasteiger partial charge in [-0.2, -0.15) is 0 Å². The molecule has 0 spiro atoms. The van der Waals surface area contributed by atoms with Crippen LogP contribution in [0.4, 0.5) is 0 Å². The molecule has 0 aliphatic rings. The third kappa shape index (κ3) is 4.34. The third-order valence-electron chi connectivity index (χ3n) is 4.32. The number of nitrogens with zero attached hydrogens (tertiary/aromatic N) is 2. The predicted octanol–water partition coefficient (Wildman–Crippen LogP) is 3.10. The van der Waals surface area contributed by atoms with E-state index in [1.165, 1.54) is 0 Å². The van der Waals surface area contributed by atoms with Gasteiger partial charge in [0.25, 0.3) is 11.8 Å². The number of fused-ring (bicyclic) bond motifs is 1. The van der Waals surface area contributed by atoms with Crippen LogP contribution in [0.1, 0.15) is 52.0 Å². The summed E-state index contributed by atoms with van der Waals surface area (Å²) >= 11 is 0. The molecule has 0 unspecified atom stereocenters. The normalized spacial score (nSPS) is 10.7. The number of hydrogen-bond donors (Lipinski definition) is 2. The highest BCUT2D eigenvalue weighted by molar-refractivity contribution is 6.02. The van der Waals surface area contributed by atoms with Crippen LogP contribution < -0.4 is 10.6 Å². The van der Waals surface area contributed by atoms with E-state index in [1.807, 2.05) is 43.3 Å². The average Bonchev–Trinajstić information content (AvgIpc) is 3.06. The maximum atomic E-state index is 12.7. The van der Waals surface area contributed by atoms with Crippen LogP contribution in [0.5, 0.6) is 0 Å². The Balaban J connectivity index is 1.81. The van der Waals surface area contributed by atoms with Gasteiger partial charge in [0, 0.05) is 19.3 Å². The molecule has 2 amide bonds. The Labute approximate surface area is 158 Å². The maximum absolute atomic E-state index is 12.7. The van der Waals surface area contributed by atoms with Gasteiger partial charge in [-0.05, 0) is 31.0 Å². The Morgan fingerprint density at radius 1 is 1.07 bits per heavy atom. The van der Waals surface area contributed by atoms with Crippen molar-refractivity contribution in [2.24, 2.45) is 0 Å². The summed E-state index contributed by atoms with van der Waals surface area (Å²) in [4.78, 5) is 29.5. The average molecular weight is 364 g/mol. The number of amides is 2. The van der Waals surface area contributed by atoms with Crippen molar-refractivity contribution in [3.8, 4) is 0 Å². The Hall–Kier alpha value is -3.15. The van der Waals surface area contributed by atoms with Crippen molar-refractivity contribution in [2.75, 3.05) is 6.54 Å². The van der Waals surface area contributed by atoms with E-state index >= 15 is 0 Å². The quantitative estimate of drug-likeness (QED) is 0.633. The van der Waals surface area contributed by atoms with Crippen molar-refractivity contribution in [1.29, 1.82) is 0 Å². The van der Waals surface area contributed by atoms with Crippen LogP contribution >= 0.6 is 0 Å². The van der Waals surface area contributed by atoms with E-state index < -0.39 is 0 Å². The highest BCUT2D eigenvalue weighted by Gasteiger charge is 2.21. The standard InChI is InChI=1S/C21H24N4O2/c1-3-4-11-22-20(26)18-17-10-5-6-12-25(17)19(24-18)21(27)23-14-16-9-7-8-15(2)13-16/h5-10,12-13H,3-4,11,14H2,1-2H3,(H,22,26)(H,23,27). The first-order valence-corrected chi connectivity index (χ1v) is 9.19. The number of hydrogen-bond acceptors (Lipinski definition) is 3. The number of aromatic nitrogens is 2. The fraction of sp³-hybridized carbons (Fsp3) is 0.286. The molecule has 3 rings (SSSR count). The van der Waals surface area contributed by atoms with E-state index in [9.17, 15) is 9.59 Å². The molecular formula is C21H24N4O2. The monoisotopic (exact) mass is 364 g/mol. The van der Waals surface area contributed by atoms with E-state index in [2.05, 4.69) is 22.5 Å². The van der Waals surface area contributed by atoms with Gasteiger partial charge in [-0.3, -0.25) is 14.0 Å². The first-order valence-electron chi connectivity index (χ1n) is 9.19. The molecular weight excluding hydrogens is 340 g/mol. The molecule has 0 aliphatic carbocycles. The largest absolute Gasteiger partial charge is 0.351 e. The zero-order valence-electron chi connectivity index (χ0n) is 15.7. The van der Waals surface area contributed by atoms with Crippen LogP contribution in [0.15, 0.2) is 48.7 Å². The number of aryl methyl sites for hydroxylation is 1. The minimum atomic E-state index is -0.315. The number of imidazole rings is 1. The number of carbonyl (C=O) groups is 2. The first-order chi connectivity index (χ1) is 13.1. The van der Waals surface area contributed by atoms with Crippen LogP contribution in [0.3, 0.4) is 0 Å². The summed E-state index contributed by atoms with van der Waals surface area (Å²) in [5.74, 6) is -0.367. The number of rotatable bonds is 7. The summed E-state index contributed by atoms with van der Waals surface area (Å²) in [5, 5.41) is 5.75. The second-order valence-electron chi connectivity index (χ2n) is 6.52. The van der Waals surface area contributed by atoms with Gasteiger partial charge in [0.2, 0.25) is 5.82 Å². The van der Waals surface area contributed by atoms with Crippen LogP contribution in [0.2, 0.25) is 0 Å². The highest BCUT2D eigenvalue weighted by Crippen LogP contribution is 2.14. The summed E-state index contributed by atoms with van der Waals surface area (Å²) in [6, 6.07) is 13.4. The van der Waals surface area contributed by atoms with E-state index in [1.54, 1.807) is 16.7 Å². The first kappa shape index (κ1) is 18.6. The molecule has 6 nitrogen and oxygen atoms in total. The van der Waals surface area contributed by atoms with Gasteiger partial charge in [-0.25, -0.2) is 4.98 Å². The van der Waals surface area contributed by atoms with Gasteiger partial charge >= 0.3 is 0 Å². The molecule has 0 saturated carbocycles. The molecule has 0 atom stereocenters. The molecule has 2 aromatic heterocycles. The molecule has 0 saturated heterocycles. The summed E-state index contributed by atoms with van der Waals surface area (Å²) in [5.41, 5.74) is 3.04. The second-order valence-corrected chi connectivity index (χ2v) is 6.52. The predicted molar refractivity (Wildman–Crippen MR) is 105 cm³/mol. The number of nitrogens with one attached hydrogen (secondary N) is 2. The maximum Gasteiger partial charge on any atom is 0.287 e. The van der Waals surface area contributed by atoms with E-state index in [0.717, 1.165) is 24.0 Å². The molecule has 0 radical (unpaired) electrons. The number of benzene rings is 1. The molecule has 1 aromatic carbocycles. The minimum Gasteiger partial charge on any atom is -0.351 e. The van der Waals surface area contributed by atoms with Crippen molar-refractivity contribution in [1.82, 2.24) is 20.0 Å². The smallest absolute Gasteiger partial charge is 0.287 e. The van der Waals surface area contributed by atoms with Crippen molar-refractivity contribution in [2.45, 2.75) is 33.2 Å². The zero-order valence-corrected chi connectivity index (χ0v) is 15.7. The third-order valence-corrected chi connectivity index (χ3v) is 4.32. The van der Waals surface area contributed by atoms with Crippen molar-refractivity contribution in [3.05, 3.63) is 71.3 Å². The van der Waals surface area contributed by atoms with Gasteiger partial charge in [-0.15, -0.1) is 0 Å². The molecule has 2 N–H and O–H groups in total. The molecule has 27 heavy (non-hydrogen) atoms. The molecule has 0 bridgehead atoms. The Morgan fingerprint density at radius 3 is 2.70 bits per heavy atom. The molecule has 2 heterocycles. The van der Waals surface area contributed by atoms with Crippen LogP contribution in [-0.4, -0.2) is 27.7 Å². The molecule has 3 aromatic rings.